The maximum atomic E-state index is 11.6. The number of Topliss-reactive ketones (excluding diaryl/α,β-unsaturated/α-hetero) is 1. The number of ketones is 1. The molecule has 136 valence electrons. The predicted molar refractivity (Wildman–Crippen MR) is 89.4 cm³/mol. The molecule has 0 aliphatic rings. The van der Waals surface area contributed by atoms with Crippen LogP contribution in [0.4, 0.5) is 0 Å². The number of hydrogen-bond donors (Lipinski definition) is 0. The number of ether oxygens (including phenoxy) is 3. The van der Waals surface area contributed by atoms with Gasteiger partial charge in [-0.2, -0.15) is 0 Å². The molecule has 6 heteroatoms. The lowest BCUT2D eigenvalue weighted by molar-refractivity contribution is -0.133. The van der Waals surface area contributed by atoms with E-state index in [-0.39, 0.29) is 23.5 Å². The maximum absolute atomic E-state index is 11.6. The van der Waals surface area contributed by atoms with Crippen molar-refractivity contribution in [2.24, 2.45) is 11.8 Å². The van der Waals surface area contributed by atoms with Crippen molar-refractivity contribution in [3.05, 3.63) is 0 Å². The Morgan fingerprint density at radius 2 is 1.26 bits per heavy atom. The summed E-state index contributed by atoms with van der Waals surface area (Å²) in [6, 6.07) is 0. The number of hydrogen-bond acceptors (Lipinski definition) is 5. The average Bonchev–Trinajstić information content (AvgIpc) is 2.50. The van der Waals surface area contributed by atoms with Crippen LogP contribution in [-0.2, 0) is 23.8 Å². The van der Waals surface area contributed by atoms with Gasteiger partial charge in [0.15, 0.2) is 0 Å². The highest BCUT2D eigenvalue weighted by atomic mass is 16.5. The lowest BCUT2D eigenvalue weighted by Crippen LogP contribution is -2.33. The lowest BCUT2D eigenvalue weighted by Gasteiger charge is -2.19. The first kappa shape index (κ1) is 22.0. The van der Waals surface area contributed by atoms with E-state index < -0.39 is 0 Å². The normalized spacial score (nSPS) is 11.3. The molecule has 23 heavy (non-hydrogen) atoms. The van der Waals surface area contributed by atoms with Crippen LogP contribution in [0.2, 0.25) is 0 Å². The number of likely N-dealkylation sites (N-methyl/N-ethyl adjacent to an activating group) is 1. The molecule has 0 atom stereocenters. The molecule has 6 nitrogen and oxygen atoms in total. The summed E-state index contributed by atoms with van der Waals surface area (Å²) < 4.78 is 16.1. The van der Waals surface area contributed by atoms with Crippen LogP contribution in [0.15, 0.2) is 0 Å². The fourth-order valence-corrected chi connectivity index (χ4v) is 1.76. The van der Waals surface area contributed by atoms with Crippen molar-refractivity contribution in [2.45, 2.75) is 34.1 Å². The Morgan fingerprint density at radius 1 is 0.783 bits per heavy atom. The Hall–Kier alpha value is -0.980. The second-order valence-corrected chi connectivity index (χ2v) is 6.12. The van der Waals surface area contributed by atoms with Gasteiger partial charge in [0.2, 0.25) is 5.91 Å². The summed E-state index contributed by atoms with van der Waals surface area (Å²) >= 11 is 0. The smallest absolute Gasteiger partial charge is 0.224 e. The largest absolute Gasteiger partial charge is 0.379 e. The van der Waals surface area contributed by atoms with Crippen molar-refractivity contribution in [1.29, 1.82) is 0 Å². The first-order chi connectivity index (χ1) is 10.9. The predicted octanol–water partition coefficient (Wildman–Crippen LogP) is 1.77. The highest BCUT2D eigenvalue weighted by Gasteiger charge is 2.11. The zero-order valence-corrected chi connectivity index (χ0v) is 15.3. The Bertz CT molecular complexity index is 331. The molecule has 0 aliphatic carbocycles. The van der Waals surface area contributed by atoms with Crippen LogP contribution >= 0.6 is 0 Å². The number of nitrogens with zero attached hydrogens (tertiary/aromatic N) is 1. The molecule has 0 radical (unpaired) electrons. The molecular weight excluding hydrogens is 298 g/mol. The van der Waals surface area contributed by atoms with E-state index >= 15 is 0 Å². The van der Waals surface area contributed by atoms with Crippen molar-refractivity contribution in [2.75, 3.05) is 53.2 Å². The Labute approximate surface area is 140 Å². The monoisotopic (exact) mass is 331 g/mol. The van der Waals surface area contributed by atoms with Crippen molar-refractivity contribution >= 4 is 11.7 Å². The SMILES string of the molecule is CC(C)C(=O)CCOCCOCCOCCN(C)C(=O)C(C)C. The van der Waals surface area contributed by atoms with Gasteiger partial charge in [-0.3, -0.25) is 9.59 Å². The van der Waals surface area contributed by atoms with E-state index in [0.717, 1.165) is 0 Å². The quantitative estimate of drug-likeness (QED) is 0.454. The maximum Gasteiger partial charge on any atom is 0.224 e. The van der Waals surface area contributed by atoms with E-state index in [2.05, 4.69) is 0 Å². The van der Waals surface area contributed by atoms with E-state index in [1.807, 2.05) is 27.7 Å². The summed E-state index contributed by atoms with van der Waals surface area (Å²) in [5, 5.41) is 0. The molecule has 0 rings (SSSR count). The molecule has 0 unspecified atom stereocenters. The summed E-state index contributed by atoms with van der Waals surface area (Å²) in [5.74, 6) is 0.430. The molecule has 0 spiro atoms. The number of carbonyl (C=O) groups excluding carboxylic acids is 2. The molecule has 0 saturated carbocycles. The van der Waals surface area contributed by atoms with Crippen LogP contribution < -0.4 is 0 Å². The highest BCUT2D eigenvalue weighted by Crippen LogP contribution is 1.99. The molecule has 0 aromatic carbocycles. The van der Waals surface area contributed by atoms with E-state index in [9.17, 15) is 9.59 Å². The Balaban J connectivity index is 3.31. The molecule has 0 fully saturated rings. The minimum atomic E-state index is 0.0131. The summed E-state index contributed by atoms with van der Waals surface area (Å²) in [4.78, 5) is 24.7. The molecule has 1 amide bonds. The van der Waals surface area contributed by atoms with Crippen molar-refractivity contribution in [3.63, 3.8) is 0 Å². The molecule has 0 bridgehead atoms. The zero-order valence-electron chi connectivity index (χ0n) is 15.3. The highest BCUT2D eigenvalue weighted by molar-refractivity contribution is 5.80. The summed E-state index contributed by atoms with van der Waals surface area (Å²) in [6.07, 6.45) is 0.462. The van der Waals surface area contributed by atoms with Gasteiger partial charge in [-0.1, -0.05) is 27.7 Å². The van der Waals surface area contributed by atoms with Gasteiger partial charge in [-0.25, -0.2) is 0 Å². The third kappa shape index (κ3) is 12.1. The topological polar surface area (TPSA) is 65.1 Å². The molecule has 0 aromatic rings. The van der Waals surface area contributed by atoms with Crippen LogP contribution in [0, 0.1) is 11.8 Å². The average molecular weight is 331 g/mol. The Morgan fingerprint density at radius 3 is 1.74 bits per heavy atom. The molecular formula is C17H33NO5. The van der Waals surface area contributed by atoms with E-state index in [1.54, 1.807) is 11.9 Å². The van der Waals surface area contributed by atoms with E-state index in [4.69, 9.17) is 14.2 Å². The minimum Gasteiger partial charge on any atom is -0.379 e. The van der Waals surface area contributed by atoms with Gasteiger partial charge < -0.3 is 19.1 Å². The zero-order chi connectivity index (χ0) is 17.7. The third-order valence-electron chi connectivity index (χ3n) is 3.32. The van der Waals surface area contributed by atoms with Crippen molar-refractivity contribution in [1.82, 2.24) is 4.90 Å². The van der Waals surface area contributed by atoms with E-state index in [1.165, 1.54) is 0 Å². The van der Waals surface area contributed by atoms with Gasteiger partial charge in [0.05, 0.1) is 39.6 Å². The fourth-order valence-electron chi connectivity index (χ4n) is 1.76. The van der Waals surface area contributed by atoms with Crippen molar-refractivity contribution < 1.29 is 23.8 Å². The van der Waals surface area contributed by atoms with Crippen LogP contribution in [0.25, 0.3) is 0 Å². The standard InChI is InChI=1S/C17H33NO5/c1-14(2)16(19)6-8-21-10-12-23-13-11-22-9-7-18(5)17(20)15(3)4/h14-15H,6-13H2,1-5H3. The minimum absolute atomic E-state index is 0.0131. The summed E-state index contributed by atoms with van der Waals surface area (Å²) in [6.45, 7) is 11.1. The first-order valence-corrected chi connectivity index (χ1v) is 8.37. The van der Waals surface area contributed by atoms with Gasteiger partial charge in [0.25, 0.3) is 0 Å². The van der Waals surface area contributed by atoms with Gasteiger partial charge in [0.1, 0.15) is 5.78 Å². The van der Waals surface area contributed by atoms with Crippen molar-refractivity contribution in [3.8, 4) is 0 Å². The van der Waals surface area contributed by atoms with E-state index in [0.29, 0.717) is 52.6 Å². The molecule has 0 N–H and O–H groups in total. The second kappa shape index (κ2) is 13.5. The fraction of sp³-hybridized carbons (Fsp3) is 0.882. The third-order valence-corrected chi connectivity index (χ3v) is 3.32. The Kier molecular flexibility index (Phi) is 12.9. The first-order valence-electron chi connectivity index (χ1n) is 8.37. The second-order valence-electron chi connectivity index (χ2n) is 6.12. The van der Waals surface area contributed by atoms with Gasteiger partial charge in [-0.05, 0) is 0 Å². The van der Waals surface area contributed by atoms with Crippen LogP contribution in [0.5, 0.6) is 0 Å². The van der Waals surface area contributed by atoms with Crippen LogP contribution in [0.3, 0.4) is 0 Å². The lowest BCUT2D eigenvalue weighted by atomic mass is 10.1. The van der Waals surface area contributed by atoms with Crippen LogP contribution in [-0.4, -0.2) is 69.8 Å². The van der Waals surface area contributed by atoms with Gasteiger partial charge in [0, 0.05) is 31.8 Å². The molecule has 0 saturated heterocycles. The van der Waals surface area contributed by atoms with Gasteiger partial charge in [-0.15, -0.1) is 0 Å². The molecule has 0 heterocycles. The van der Waals surface area contributed by atoms with Gasteiger partial charge >= 0.3 is 0 Å². The molecule has 0 aliphatic heterocycles. The number of amides is 1. The van der Waals surface area contributed by atoms with Crippen LogP contribution in [0.1, 0.15) is 34.1 Å². The summed E-state index contributed by atoms with van der Waals surface area (Å²) in [7, 11) is 1.78. The summed E-state index contributed by atoms with van der Waals surface area (Å²) in [5.41, 5.74) is 0. The molecule has 0 aromatic heterocycles. The number of carbonyl (C=O) groups is 2. The number of rotatable bonds is 14.